The number of amides is 2. The maximum Gasteiger partial charge on any atom is 0.247 e. The van der Waals surface area contributed by atoms with Crippen LogP contribution in [0.4, 0.5) is 5.69 Å². The number of hydrogen-bond donors (Lipinski definition) is 1. The monoisotopic (exact) mass is 448 g/mol. The number of tetrazole rings is 1. The fourth-order valence-electron chi connectivity index (χ4n) is 4.10. The molecule has 0 radical (unpaired) electrons. The summed E-state index contributed by atoms with van der Waals surface area (Å²) in [5.74, 6) is 1.13. The van der Waals surface area contributed by atoms with Gasteiger partial charge in [0.1, 0.15) is 17.5 Å². The van der Waals surface area contributed by atoms with Crippen LogP contribution in [0.1, 0.15) is 37.2 Å². The summed E-state index contributed by atoms with van der Waals surface area (Å²) in [5.41, 5.74) is 3.35. The van der Waals surface area contributed by atoms with Crippen LogP contribution in [-0.2, 0) is 22.6 Å². The van der Waals surface area contributed by atoms with Crippen LogP contribution < -0.4 is 10.1 Å². The Bertz CT molecular complexity index is 1170. The van der Waals surface area contributed by atoms with E-state index in [1.165, 1.54) is 0 Å². The molecule has 0 aliphatic carbocycles. The molecule has 2 amide bonds. The first-order valence-electron chi connectivity index (χ1n) is 11.0. The molecule has 0 saturated carbocycles. The van der Waals surface area contributed by atoms with Crippen molar-refractivity contribution in [2.75, 3.05) is 12.4 Å². The highest BCUT2D eigenvalue weighted by molar-refractivity contribution is 5.98. The van der Waals surface area contributed by atoms with Crippen LogP contribution in [0.2, 0.25) is 0 Å². The Morgan fingerprint density at radius 3 is 2.61 bits per heavy atom. The molecule has 0 bridgehead atoms. The molecule has 1 unspecified atom stereocenters. The molecule has 3 aromatic rings. The number of nitrogens with zero attached hydrogens (tertiary/aromatic N) is 5. The number of methoxy groups -OCH3 is 1. The Hall–Kier alpha value is -3.75. The topological polar surface area (TPSA) is 102 Å². The van der Waals surface area contributed by atoms with E-state index in [4.69, 9.17) is 4.74 Å². The summed E-state index contributed by atoms with van der Waals surface area (Å²) >= 11 is 0. The number of hydrogen-bond acceptors (Lipinski definition) is 6. The van der Waals surface area contributed by atoms with Gasteiger partial charge in [0.15, 0.2) is 5.82 Å². The van der Waals surface area contributed by atoms with Gasteiger partial charge in [-0.25, -0.2) is 0 Å². The molecule has 9 nitrogen and oxygen atoms in total. The number of carbonyl (C=O) groups is 2. The highest BCUT2D eigenvalue weighted by Crippen LogP contribution is 2.29. The van der Waals surface area contributed by atoms with Crippen molar-refractivity contribution in [3.05, 3.63) is 59.4 Å². The molecule has 0 fully saturated rings. The maximum atomic E-state index is 13.4. The molecule has 1 aliphatic heterocycles. The smallest absolute Gasteiger partial charge is 0.247 e. The molecule has 1 aromatic heterocycles. The second kappa shape index (κ2) is 9.40. The van der Waals surface area contributed by atoms with E-state index >= 15 is 0 Å². The maximum absolute atomic E-state index is 13.4. The zero-order chi connectivity index (χ0) is 23.5. The second-order valence-corrected chi connectivity index (χ2v) is 8.62. The SMILES string of the molecule is COc1ccc(NC(=O)C2Cc3ccccc3CN2C(=O)CC(C)C)cc1-n1nnnc1C. The van der Waals surface area contributed by atoms with Crippen LogP contribution >= 0.6 is 0 Å². The number of aryl methyl sites for hydroxylation is 1. The van der Waals surface area contributed by atoms with Crippen molar-refractivity contribution in [3.63, 3.8) is 0 Å². The van der Waals surface area contributed by atoms with E-state index in [-0.39, 0.29) is 17.7 Å². The van der Waals surface area contributed by atoms with E-state index < -0.39 is 6.04 Å². The van der Waals surface area contributed by atoms with Crippen molar-refractivity contribution in [2.45, 2.75) is 46.2 Å². The Kier molecular flexibility index (Phi) is 6.39. The number of rotatable bonds is 6. The number of anilines is 1. The van der Waals surface area contributed by atoms with E-state index in [0.717, 1.165) is 11.1 Å². The summed E-state index contributed by atoms with van der Waals surface area (Å²) in [7, 11) is 1.56. The third kappa shape index (κ3) is 4.72. The quantitative estimate of drug-likeness (QED) is 0.622. The van der Waals surface area contributed by atoms with Crippen LogP contribution in [0.5, 0.6) is 5.75 Å². The molecule has 2 heterocycles. The van der Waals surface area contributed by atoms with Crippen LogP contribution in [0, 0.1) is 12.8 Å². The minimum atomic E-state index is -0.591. The molecule has 9 heteroatoms. The molecule has 4 rings (SSSR count). The third-order valence-electron chi connectivity index (χ3n) is 5.75. The number of fused-ring (bicyclic) bond motifs is 1. The van der Waals surface area contributed by atoms with Gasteiger partial charge in [0.25, 0.3) is 0 Å². The van der Waals surface area contributed by atoms with Crippen LogP contribution in [0.25, 0.3) is 5.69 Å². The van der Waals surface area contributed by atoms with Crippen molar-refractivity contribution < 1.29 is 14.3 Å². The van der Waals surface area contributed by atoms with E-state index in [2.05, 4.69) is 20.8 Å². The molecule has 1 N–H and O–H groups in total. The molecular formula is C24H28N6O3. The predicted octanol–water partition coefficient (Wildman–Crippen LogP) is 2.92. The van der Waals surface area contributed by atoms with Gasteiger partial charge in [-0.3, -0.25) is 9.59 Å². The lowest BCUT2D eigenvalue weighted by Crippen LogP contribution is -2.50. The molecule has 1 atom stereocenters. The number of carbonyl (C=O) groups excluding carboxylic acids is 2. The lowest BCUT2D eigenvalue weighted by Gasteiger charge is -2.36. The molecule has 172 valence electrons. The van der Waals surface area contributed by atoms with Gasteiger partial charge in [-0.05, 0) is 52.6 Å². The first-order valence-corrected chi connectivity index (χ1v) is 11.0. The number of nitrogens with one attached hydrogen (secondary N) is 1. The number of aromatic nitrogens is 4. The van der Waals surface area contributed by atoms with Crippen molar-refractivity contribution in [1.29, 1.82) is 0 Å². The van der Waals surface area contributed by atoms with Crippen LogP contribution in [-0.4, -0.2) is 50.1 Å². The van der Waals surface area contributed by atoms with Crippen LogP contribution in [0.3, 0.4) is 0 Å². The summed E-state index contributed by atoms with van der Waals surface area (Å²) in [6.45, 7) is 6.22. The lowest BCUT2D eigenvalue weighted by molar-refractivity contribution is -0.140. The lowest BCUT2D eigenvalue weighted by atomic mass is 9.92. The summed E-state index contributed by atoms with van der Waals surface area (Å²) in [4.78, 5) is 28.1. The minimum Gasteiger partial charge on any atom is -0.494 e. The van der Waals surface area contributed by atoms with Gasteiger partial charge in [0, 0.05) is 25.1 Å². The number of benzene rings is 2. The highest BCUT2D eigenvalue weighted by atomic mass is 16.5. The van der Waals surface area contributed by atoms with E-state index in [1.807, 2.05) is 38.1 Å². The standard InChI is InChI=1S/C24H28N6O3/c1-15(2)11-23(31)29-14-18-8-6-5-7-17(18)12-21(29)24(32)25-19-9-10-22(33-4)20(13-19)30-16(3)26-27-28-30/h5-10,13,15,21H,11-12,14H2,1-4H3,(H,25,32). The first kappa shape index (κ1) is 22.4. The van der Waals surface area contributed by atoms with Gasteiger partial charge in [-0.2, -0.15) is 4.68 Å². The highest BCUT2D eigenvalue weighted by Gasteiger charge is 2.34. The fraction of sp³-hybridized carbons (Fsp3) is 0.375. The molecule has 0 saturated heterocycles. The van der Waals surface area contributed by atoms with Gasteiger partial charge in [-0.15, -0.1) is 5.10 Å². The minimum absolute atomic E-state index is 0.0145. The molecule has 1 aliphatic rings. The second-order valence-electron chi connectivity index (χ2n) is 8.62. The zero-order valence-corrected chi connectivity index (χ0v) is 19.3. The largest absolute Gasteiger partial charge is 0.494 e. The predicted molar refractivity (Wildman–Crippen MR) is 123 cm³/mol. The Balaban J connectivity index is 1.62. The number of ether oxygens (including phenoxy) is 1. The van der Waals surface area contributed by atoms with Gasteiger partial charge >= 0.3 is 0 Å². The van der Waals surface area contributed by atoms with Crippen molar-refractivity contribution in [3.8, 4) is 11.4 Å². The molecule has 33 heavy (non-hydrogen) atoms. The van der Waals surface area contributed by atoms with Gasteiger partial charge in [0.05, 0.1) is 7.11 Å². The van der Waals surface area contributed by atoms with Gasteiger partial charge < -0.3 is 15.0 Å². The van der Waals surface area contributed by atoms with Crippen molar-refractivity contribution in [1.82, 2.24) is 25.1 Å². The van der Waals surface area contributed by atoms with Crippen molar-refractivity contribution in [2.24, 2.45) is 5.92 Å². The molecule has 0 spiro atoms. The van der Waals surface area contributed by atoms with E-state index in [9.17, 15) is 9.59 Å². The molecule has 2 aromatic carbocycles. The van der Waals surface area contributed by atoms with Crippen molar-refractivity contribution >= 4 is 17.5 Å². The Morgan fingerprint density at radius 1 is 1.18 bits per heavy atom. The first-order chi connectivity index (χ1) is 15.9. The van der Waals surface area contributed by atoms with Gasteiger partial charge in [0.2, 0.25) is 11.8 Å². The Morgan fingerprint density at radius 2 is 1.94 bits per heavy atom. The van der Waals surface area contributed by atoms with Crippen LogP contribution in [0.15, 0.2) is 42.5 Å². The third-order valence-corrected chi connectivity index (χ3v) is 5.75. The summed E-state index contributed by atoms with van der Waals surface area (Å²) < 4.78 is 6.99. The van der Waals surface area contributed by atoms with Gasteiger partial charge in [-0.1, -0.05) is 38.1 Å². The summed E-state index contributed by atoms with van der Waals surface area (Å²) in [5, 5.41) is 14.6. The summed E-state index contributed by atoms with van der Waals surface area (Å²) in [6.07, 6.45) is 0.873. The molecular weight excluding hydrogens is 420 g/mol. The van der Waals surface area contributed by atoms with E-state index in [1.54, 1.807) is 41.8 Å². The average molecular weight is 449 g/mol. The average Bonchev–Trinajstić information content (AvgIpc) is 3.23. The zero-order valence-electron chi connectivity index (χ0n) is 19.3. The Labute approximate surface area is 192 Å². The summed E-state index contributed by atoms with van der Waals surface area (Å²) in [6, 6.07) is 12.6. The van der Waals surface area contributed by atoms with E-state index in [0.29, 0.717) is 42.3 Å². The normalized spacial score (nSPS) is 15.3. The fourth-order valence-corrected chi connectivity index (χ4v) is 4.10.